The Kier molecular flexibility index (Phi) is 6.07. The van der Waals surface area contributed by atoms with Gasteiger partial charge in [-0.1, -0.05) is 13.0 Å². The van der Waals surface area contributed by atoms with Gasteiger partial charge in [0, 0.05) is 30.6 Å². The lowest BCUT2D eigenvalue weighted by atomic mass is 9.90. The molecule has 25 heavy (non-hydrogen) atoms. The number of hydrogen-bond donors (Lipinski definition) is 1. The number of nitrogens with zero attached hydrogens (tertiary/aromatic N) is 1. The van der Waals surface area contributed by atoms with E-state index in [9.17, 15) is 4.39 Å². The largest absolute Gasteiger partial charge is 0.471 e. The summed E-state index contributed by atoms with van der Waals surface area (Å²) in [6.45, 7) is 6.99. The molecule has 1 N–H and O–H groups in total. The molecular weight excluding hydrogens is 319 g/mol. The van der Waals surface area contributed by atoms with Gasteiger partial charge >= 0.3 is 0 Å². The molecule has 1 unspecified atom stereocenters. The summed E-state index contributed by atoms with van der Waals surface area (Å²) in [6, 6.07) is 4.44. The number of fused-ring (bicyclic) bond motifs is 1. The van der Waals surface area contributed by atoms with Crippen molar-refractivity contribution in [3.8, 4) is 0 Å². The number of carbonyl (C=O) groups excluding carboxylic acids is 1. The van der Waals surface area contributed by atoms with Crippen LogP contribution in [0.15, 0.2) is 12.1 Å². The summed E-state index contributed by atoms with van der Waals surface area (Å²) in [5, 5.41) is 3.28. The molecule has 1 aliphatic carbocycles. The number of aryl methyl sites for hydroxylation is 1. The Balaban J connectivity index is 0.000000415. The Morgan fingerprint density at radius 3 is 2.48 bits per heavy atom. The van der Waals surface area contributed by atoms with Gasteiger partial charge in [-0.05, 0) is 61.9 Å². The quantitative estimate of drug-likeness (QED) is 0.853. The summed E-state index contributed by atoms with van der Waals surface area (Å²) in [7, 11) is 1.31. The molecule has 0 saturated carbocycles. The molecule has 1 atom stereocenters. The van der Waals surface area contributed by atoms with E-state index in [0.717, 1.165) is 50.5 Å². The summed E-state index contributed by atoms with van der Waals surface area (Å²) in [5.74, 6) is 1.41. The van der Waals surface area contributed by atoms with Crippen molar-refractivity contribution in [2.24, 2.45) is 5.92 Å². The van der Waals surface area contributed by atoms with Crippen LogP contribution in [0.25, 0.3) is 0 Å². The summed E-state index contributed by atoms with van der Waals surface area (Å²) in [4.78, 5) is 11.5. The van der Waals surface area contributed by atoms with Gasteiger partial charge in [0.25, 0.3) is 6.47 Å². The van der Waals surface area contributed by atoms with Crippen molar-refractivity contribution in [3.05, 3.63) is 34.6 Å². The zero-order chi connectivity index (χ0) is 17.8. The molecule has 2 saturated heterocycles. The van der Waals surface area contributed by atoms with Crippen LogP contribution < -0.4 is 5.32 Å². The highest BCUT2D eigenvalue weighted by molar-refractivity contribution is 5.41. The van der Waals surface area contributed by atoms with Crippen molar-refractivity contribution in [2.75, 3.05) is 33.3 Å². The van der Waals surface area contributed by atoms with Gasteiger partial charge in [-0.2, -0.15) is 0 Å². The van der Waals surface area contributed by atoms with Gasteiger partial charge in [0.2, 0.25) is 0 Å². The molecular formula is C20H29FN2O2. The van der Waals surface area contributed by atoms with Crippen LogP contribution in [-0.2, 0) is 16.0 Å². The number of hydrogen-bond acceptors (Lipinski definition) is 4. The highest BCUT2D eigenvalue weighted by Gasteiger charge is 2.33. The van der Waals surface area contributed by atoms with Gasteiger partial charge in [-0.3, -0.25) is 9.69 Å². The predicted molar refractivity (Wildman–Crippen MR) is 96.1 cm³/mol. The maximum absolute atomic E-state index is 14.7. The summed E-state index contributed by atoms with van der Waals surface area (Å²) < 4.78 is 18.6. The second-order valence-electron chi connectivity index (χ2n) is 7.54. The topological polar surface area (TPSA) is 41.6 Å². The van der Waals surface area contributed by atoms with E-state index in [1.807, 2.05) is 6.07 Å². The van der Waals surface area contributed by atoms with E-state index in [-0.39, 0.29) is 5.82 Å². The number of halogens is 1. The number of ether oxygens (including phenoxy) is 1. The molecule has 0 spiro atoms. The van der Waals surface area contributed by atoms with Crippen LogP contribution in [0.5, 0.6) is 0 Å². The zero-order valence-corrected chi connectivity index (χ0v) is 15.3. The van der Waals surface area contributed by atoms with Crippen molar-refractivity contribution in [1.29, 1.82) is 0 Å². The lowest BCUT2D eigenvalue weighted by Crippen LogP contribution is -2.40. The van der Waals surface area contributed by atoms with Crippen LogP contribution in [0.2, 0.25) is 0 Å². The standard InChI is InChI=1S/C18H25FN2.C2H4O2/c1-12-4-6-21(7-5-12)17-3-2-13-8-14(15-10-20-11-15)9-16(19)18(13)17;1-4-2-3/h8-9,12,15,17,20H,2-7,10-11H2,1H3;2H,1H3. The number of likely N-dealkylation sites (tertiary alicyclic amines) is 1. The zero-order valence-electron chi connectivity index (χ0n) is 15.3. The third-order valence-corrected chi connectivity index (χ3v) is 5.87. The van der Waals surface area contributed by atoms with E-state index in [1.165, 1.54) is 31.1 Å². The Morgan fingerprint density at radius 1 is 1.24 bits per heavy atom. The Bertz CT molecular complexity index is 596. The van der Waals surface area contributed by atoms with Gasteiger partial charge < -0.3 is 10.1 Å². The van der Waals surface area contributed by atoms with Crippen molar-refractivity contribution >= 4 is 6.47 Å². The third kappa shape index (κ3) is 4.04. The maximum Gasteiger partial charge on any atom is 0.292 e. The Hall–Kier alpha value is -1.46. The van der Waals surface area contributed by atoms with Gasteiger partial charge in [0.05, 0.1) is 7.11 Å². The number of rotatable bonds is 3. The van der Waals surface area contributed by atoms with E-state index in [2.05, 4.69) is 27.9 Å². The van der Waals surface area contributed by atoms with Crippen LogP contribution in [0.1, 0.15) is 54.8 Å². The maximum atomic E-state index is 14.7. The first kappa shape index (κ1) is 18.3. The number of methoxy groups -OCH3 is 1. The lowest BCUT2D eigenvalue weighted by molar-refractivity contribution is -0.126. The molecule has 2 heterocycles. The second-order valence-corrected chi connectivity index (χ2v) is 7.54. The SMILES string of the molecule is CC1CCN(C2CCc3cc(C4CNC4)cc(F)c32)CC1.COC=O. The number of piperidine rings is 1. The molecule has 0 radical (unpaired) electrons. The van der Waals surface area contributed by atoms with E-state index < -0.39 is 0 Å². The molecule has 4 nitrogen and oxygen atoms in total. The predicted octanol–water partition coefficient (Wildman–Crippen LogP) is 3.02. The fourth-order valence-corrected chi connectivity index (χ4v) is 4.18. The second kappa shape index (κ2) is 8.28. The van der Waals surface area contributed by atoms with Gasteiger partial charge in [-0.25, -0.2) is 4.39 Å². The van der Waals surface area contributed by atoms with E-state index in [1.54, 1.807) is 0 Å². The first-order chi connectivity index (χ1) is 12.1. The normalized spacial score (nSPS) is 24.0. The first-order valence-electron chi connectivity index (χ1n) is 9.37. The molecule has 138 valence electrons. The average molecular weight is 348 g/mol. The highest BCUT2D eigenvalue weighted by Crippen LogP contribution is 2.40. The van der Waals surface area contributed by atoms with Crippen molar-refractivity contribution in [3.63, 3.8) is 0 Å². The summed E-state index contributed by atoms with van der Waals surface area (Å²) in [6.07, 6.45) is 4.68. The van der Waals surface area contributed by atoms with E-state index >= 15 is 0 Å². The van der Waals surface area contributed by atoms with E-state index in [4.69, 9.17) is 4.79 Å². The van der Waals surface area contributed by atoms with Crippen LogP contribution >= 0.6 is 0 Å². The number of nitrogens with one attached hydrogen (secondary N) is 1. The molecule has 2 aliphatic heterocycles. The average Bonchev–Trinajstić information content (AvgIpc) is 2.99. The molecule has 0 aromatic heterocycles. The van der Waals surface area contributed by atoms with Crippen LogP contribution in [0, 0.1) is 11.7 Å². The third-order valence-electron chi connectivity index (χ3n) is 5.87. The minimum atomic E-state index is 0.0514. The molecule has 1 aromatic rings. The molecule has 4 rings (SSSR count). The van der Waals surface area contributed by atoms with Crippen molar-refractivity contribution < 1.29 is 13.9 Å². The molecule has 3 aliphatic rings. The molecule has 2 fully saturated rings. The number of carbonyl (C=O) groups is 1. The molecule has 1 aromatic carbocycles. The van der Waals surface area contributed by atoms with Crippen LogP contribution in [0.4, 0.5) is 4.39 Å². The van der Waals surface area contributed by atoms with Gasteiger partial charge in [0.1, 0.15) is 5.82 Å². The fraction of sp³-hybridized carbons (Fsp3) is 0.650. The Morgan fingerprint density at radius 2 is 1.92 bits per heavy atom. The number of benzene rings is 1. The smallest absolute Gasteiger partial charge is 0.292 e. The monoisotopic (exact) mass is 348 g/mol. The Labute approximate surface area is 149 Å². The molecule has 5 heteroatoms. The fourth-order valence-electron chi connectivity index (χ4n) is 4.18. The molecule has 0 bridgehead atoms. The van der Waals surface area contributed by atoms with Crippen LogP contribution in [-0.4, -0.2) is 44.7 Å². The highest BCUT2D eigenvalue weighted by atomic mass is 19.1. The molecule has 0 amide bonds. The van der Waals surface area contributed by atoms with Crippen LogP contribution in [0.3, 0.4) is 0 Å². The van der Waals surface area contributed by atoms with Crippen molar-refractivity contribution in [2.45, 2.75) is 44.6 Å². The van der Waals surface area contributed by atoms with Crippen molar-refractivity contribution in [1.82, 2.24) is 10.2 Å². The first-order valence-corrected chi connectivity index (χ1v) is 9.37. The minimum absolute atomic E-state index is 0.0514. The minimum Gasteiger partial charge on any atom is -0.471 e. The van der Waals surface area contributed by atoms with Gasteiger partial charge in [0.15, 0.2) is 0 Å². The summed E-state index contributed by atoms with van der Waals surface area (Å²) in [5.41, 5.74) is 3.50. The van der Waals surface area contributed by atoms with Gasteiger partial charge in [-0.15, -0.1) is 0 Å². The van der Waals surface area contributed by atoms with E-state index in [0.29, 0.717) is 18.4 Å². The lowest BCUT2D eigenvalue weighted by Gasteiger charge is -2.35. The summed E-state index contributed by atoms with van der Waals surface area (Å²) >= 11 is 0.